The van der Waals surface area contributed by atoms with E-state index in [4.69, 9.17) is 4.74 Å². The zero-order valence-corrected chi connectivity index (χ0v) is 22.1. The number of carbonyl (C=O) groups is 2. The van der Waals surface area contributed by atoms with Crippen LogP contribution in [0.3, 0.4) is 0 Å². The summed E-state index contributed by atoms with van der Waals surface area (Å²) in [7, 11) is 0. The first-order valence-corrected chi connectivity index (χ1v) is 13.6. The minimum atomic E-state index is -0.749. The SMILES string of the molecule is Cc1ccc2c(NC(=O)OCc3ccccc3)c(-c3ccc(-c4ccc(C5(C(=O)O)CC5)cc4)cc3)sc2n1. The van der Waals surface area contributed by atoms with Crippen molar-refractivity contribution in [2.45, 2.75) is 31.8 Å². The van der Waals surface area contributed by atoms with Gasteiger partial charge in [-0.2, -0.15) is 0 Å². The van der Waals surface area contributed by atoms with Gasteiger partial charge in [-0.3, -0.25) is 10.1 Å². The van der Waals surface area contributed by atoms with Crippen LogP contribution in [-0.2, 0) is 21.6 Å². The summed E-state index contributed by atoms with van der Waals surface area (Å²) in [6, 6.07) is 29.4. The normalized spacial score (nSPS) is 13.7. The number of nitrogens with one attached hydrogen (secondary N) is 1. The molecule has 0 bridgehead atoms. The van der Waals surface area contributed by atoms with Gasteiger partial charge in [0.15, 0.2) is 0 Å². The maximum atomic E-state index is 12.8. The van der Waals surface area contributed by atoms with Crippen LogP contribution < -0.4 is 5.32 Å². The van der Waals surface area contributed by atoms with Gasteiger partial charge in [0.1, 0.15) is 11.4 Å². The van der Waals surface area contributed by atoms with E-state index in [1.54, 1.807) is 0 Å². The Morgan fingerprint density at radius 2 is 1.54 bits per heavy atom. The lowest BCUT2D eigenvalue weighted by molar-refractivity contribution is -0.140. The number of anilines is 1. The van der Waals surface area contributed by atoms with E-state index in [0.29, 0.717) is 18.5 Å². The standard InChI is InChI=1S/C32H26N2O4S/c1-20-7-16-26-27(34-31(37)38-19-21-5-3-2-4-6-21)28(39-29(26)33-20)24-10-8-22(9-11-24)23-12-14-25(15-13-23)32(17-18-32)30(35)36/h2-16H,17-19H2,1H3,(H,34,37)(H,35,36). The number of hydrogen-bond acceptors (Lipinski definition) is 5. The van der Waals surface area contributed by atoms with E-state index < -0.39 is 17.5 Å². The molecule has 39 heavy (non-hydrogen) atoms. The molecule has 3 aromatic carbocycles. The molecule has 6 rings (SSSR count). The smallest absolute Gasteiger partial charge is 0.412 e. The fourth-order valence-corrected chi connectivity index (χ4v) is 5.99. The Bertz CT molecular complexity index is 1670. The summed E-state index contributed by atoms with van der Waals surface area (Å²) in [5.74, 6) is -0.749. The Morgan fingerprint density at radius 3 is 2.18 bits per heavy atom. The van der Waals surface area contributed by atoms with Crippen molar-refractivity contribution in [3.63, 3.8) is 0 Å². The van der Waals surface area contributed by atoms with Gasteiger partial charge in [0.05, 0.1) is 16.0 Å². The number of hydrogen-bond donors (Lipinski definition) is 2. The summed E-state index contributed by atoms with van der Waals surface area (Å²) in [4.78, 5) is 30.9. The lowest BCUT2D eigenvalue weighted by atomic mass is 9.93. The number of ether oxygens (including phenoxy) is 1. The Kier molecular flexibility index (Phi) is 6.37. The van der Waals surface area contributed by atoms with Crippen molar-refractivity contribution in [3.05, 3.63) is 108 Å². The van der Waals surface area contributed by atoms with Crippen LogP contribution in [0.4, 0.5) is 10.5 Å². The maximum Gasteiger partial charge on any atom is 0.412 e. The maximum absolute atomic E-state index is 12.8. The lowest BCUT2D eigenvalue weighted by Crippen LogP contribution is -2.19. The van der Waals surface area contributed by atoms with Crippen molar-refractivity contribution >= 4 is 39.3 Å². The largest absolute Gasteiger partial charge is 0.481 e. The second-order valence-electron chi connectivity index (χ2n) is 9.84. The van der Waals surface area contributed by atoms with Gasteiger partial charge >= 0.3 is 12.1 Å². The molecule has 1 fully saturated rings. The number of aliphatic carboxylic acids is 1. The number of rotatable bonds is 7. The summed E-state index contributed by atoms with van der Waals surface area (Å²) in [5, 5.41) is 13.4. The first kappa shape index (κ1) is 24.8. The number of pyridine rings is 1. The molecule has 194 valence electrons. The molecule has 0 spiro atoms. The Morgan fingerprint density at radius 1 is 0.897 bits per heavy atom. The summed E-state index contributed by atoms with van der Waals surface area (Å²) in [6.45, 7) is 2.13. The van der Waals surface area contributed by atoms with Crippen LogP contribution in [0.5, 0.6) is 0 Å². The van der Waals surface area contributed by atoms with E-state index in [9.17, 15) is 14.7 Å². The van der Waals surface area contributed by atoms with Gasteiger partial charge < -0.3 is 9.84 Å². The molecule has 1 aliphatic carbocycles. The predicted octanol–water partition coefficient (Wildman–Crippen LogP) is 7.80. The molecule has 2 N–H and O–H groups in total. The molecule has 7 heteroatoms. The fourth-order valence-electron chi connectivity index (χ4n) is 4.81. The van der Waals surface area contributed by atoms with E-state index in [0.717, 1.165) is 48.6 Å². The van der Waals surface area contributed by atoms with Crippen LogP contribution in [-0.4, -0.2) is 22.2 Å². The van der Waals surface area contributed by atoms with E-state index in [1.165, 1.54) is 11.3 Å². The van der Waals surface area contributed by atoms with Gasteiger partial charge in [-0.05, 0) is 59.7 Å². The van der Waals surface area contributed by atoms with Gasteiger partial charge in [0.2, 0.25) is 0 Å². The monoisotopic (exact) mass is 534 g/mol. The third kappa shape index (κ3) is 4.89. The van der Waals surface area contributed by atoms with Gasteiger partial charge in [-0.15, -0.1) is 11.3 Å². The zero-order valence-electron chi connectivity index (χ0n) is 21.3. The van der Waals surface area contributed by atoms with Crippen LogP contribution >= 0.6 is 11.3 Å². The van der Waals surface area contributed by atoms with Crippen molar-refractivity contribution in [3.8, 4) is 21.6 Å². The fraction of sp³-hybridized carbons (Fsp3) is 0.156. The Labute approximate surface area is 229 Å². The number of aromatic nitrogens is 1. The zero-order chi connectivity index (χ0) is 27.0. The lowest BCUT2D eigenvalue weighted by Gasteiger charge is -2.11. The third-order valence-electron chi connectivity index (χ3n) is 7.21. The molecule has 2 heterocycles. The van der Waals surface area contributed by atoms with Crippen LogP contribution in [0.2, 0.25) is 0 Å². The number of benzene rings is 3. The van der Waals surface area contributed by atoms with Crippen LogP contribution in [0.25, 0.3) is 31.8 Å². The van der Waals surface area contributed by atoms with Crippen molar-refractivity contribution in [1.29, 1.82) is 0 Å². The minimum Gasteiger partial charge on any atom is -0.481 e. The van der Waals surface area contributed by atoms with Crippen LogP contribution in [0, 0.1) is 6.92 Å². The molecule has 1 amide bonds. The minimum absolute atomic E-state index is 0.183. The van der Waals surface area contributed by atoms with Crippen molar-refractivity contribution < 1.29 is 19.4 Å². The van der Waals surface area contributed by atoms with Gasteiger partial charge in [-0.1, -0.05) is 78.9 Å². The third-order valence-corrected chi connectivity index (χ3v) is 8.36. The number of fused-ring (bicyclic) bond motifs is 1. The highest BCUT2D eigenvalue weighted by molar-refractivity contribution is 7.22. The van der Waals surface area contributed by atoms with Crippen molar-refractivity contribution in [2.75, 3.05) is 5.32 Å². The molecular formula is C32H26N2O4S. The van der Waals surface area contributed by atoms with Gasteiger partial charge in [-0.25, -0.2) is 9.78 Å². The topological polar surface area (TPSA) is 88.5 Å². The first-order chi connectivity index (χ1) is 18.9. The molecule has 0 unspecified atom stereocenters. The van der Waals surface area contributed by atoms with Crippen LogP contribution in [0.15, 0.2) is 91.0 Å². The number of nitrogens with zero attached hydrogens (tertiary/aromatic N) is 1. The van der Waals surface area contributed by atoms with E-state index >= 15 is 0 Å². The number of carbonyl (C=O) groups excluding carboxylic acids is 1. The second-order valence-corrected chi connectivity index (χ2v) is 10.8. The number of thiophene rings is 1. The van der Waals surface area contributed by atoms with Crippen molar-refractivity contribution in [1.82, 2.24) is 4.98 Å². The Hall–Kier alpha value is -4.49. The highest BCUT2D eigenvalue weighted by atomic mass is 32.1. The Balaban J connectivity index is 1.26. The molecule has 5 aromatic rings. The second kappa shape index (κ2) is 10.0. The molecule has 0 atom stereocenters. The summed E-state index contributed by atoms with van der Waals surface area (Å²) in [5.41, 5.74) is 5.65. The first-order valence-electron chi connectivity index (χ1n) is 12.8. The van der Waals surface area contributed by atoms with Gasteiger partial charge in [0, 0.05) is 11.1 Å². The van der Waals surface area contributed by atoms with Crippen molar-refractivity contribution in [2.24, 2.45) is 0 Å². The number of amides is 1. The molecule has 1 aliphatic rings. The highest BCUT2D eigenvalue weighted by Gasteiger charge is 2.51. The summed E-state index contributed by atoms with van der Waals surface area (Å²) in [6.07, 6.45) is 0.860. The summed E-state index contributed by atoms with van der Waals surface area (Å²) >= 11 is 1.53. The van der Waals surface area contributed by atoms with E-state index in [1.807, 2.05) is 97.9 Å². The number of carboxylic acid groups (broad SMARTS) is 1. The molecule has 0 radical (unpaired) electrons. The molecule has 0 saturated heterocycles. The number of aryl methyl sites for hydroxylation is 1. The van der Waals surface area contributed by atoms with E-state index in [-0.39, 0.29) is 6.61 Å². The molecule has 2 aromatic heterocycles. The molecular weight excluding hydrogens is 508 g/mol. The number of carboxylic acids is 1. The molecule has 0 aliphatic heterocycles. The molecule has 6 nitrogen and oxygen atoms in total. The van der Waals surface area contributed by atoms with E-state index in [2.05, 4.69) is 10.3 Å². The summed E-state index contributed by atoms with van der Waals surface area (Å²) < 4.78 is 5.49. The average molecular weight is 535 g/mol. The molecule has 1 saturated carbocycles. The van der Waals surface area contributed by atoms with Crippen LogP contribution in [0.1, 0.15) is 29.7 Å². The van der Waals surface area contributed by atoms with Gasteiger partial charge in [0.25, 0.3) is 0 Å². The average Bonchev–Trinajstić information content (AvgIpc) is 3.71. The quantitative estimate of drug-likeness (QED) is 0.222. The predicted molar refractivity (Wildman–Crippen MR) is 154 cm³/mol. The highest BCUT2D eigenvalue weighted by Crippen LogP contribution is 2.48.